The number of nitrogens with zero attached hydrogens (tertiary/aromatic N) is 2. The predicted molar refractivity (Wildman–Crippen MR) is 68.4 cm³/mol. The first-order valence-electron chi connectivity index (χ1n) is 5.96. The smallest absolute Gasteiger partial charge is 0.294 e. The fraction of sp³-hybridized carbons (Fsp3) is 0.818. The maximum atomic E-state index is 5.41. The van der Waals surface area contributed by atoms with Crippen LogP contribution in [0, 0.1) is 5.92 Å². The molecular weight excluding hydrogens is 238 g/mol. The van der Waals surface area contributed by atoms with E-state index in [0.29, 0.717) is 30.9 Å². The fourth-order valence-corrected chi connectivity index (χ4v) is 1.85. The van der Waals surface area contributed by atoms with Gasteiger partial charge >= 0.3 is 0 Å². The van der Waals surface area contributed by atoms with Crippen molar-refractivity contribution in [2.45, 2.75) is 27.3 Å². The Morgan fingerprint density at radius 1 is 1.29 bits per heavy atom. The van der Waals surface area contributed by atoms with Crippen LogP contribution in [0.15, 0.2) is 0 Å². The van der Waals surface area contributed by atoms with Gasteiger partial charge in [-0.3, -0.25) is 0 Å². The van der Waals surface area contributed by atoms with E-state index in [9.17, 15) is 0 Å². The fourth-order valence-electron chi connectivity index (χ4n) is 1.17. The van der Waals surface area contributed by atoms with Crippen LogP contribution >= 0.6 is 11.3 Å². The zero-order valence-corrected chi connectivity index (χ0v) is 11.5. The van der Waals surface area contributed by atoms with Gasteiger partial charge in [0.1, 0.15) is 11.6 Å². The summed E-state index contributed by atoms with van der Waals surface area (Å²) >= 11 is 1.48. The lowest BCUT2D eigenvalue weighted by molar-refractivity contribution is 0.110. The Hall–Kier alpha value is -0.720. The molecule has 0 saturated heterocycles. The Kier molecular flexibility index (Phi) is 7.07. The Labute approximate surface area is 107 Å². The van der Waals surface area contributed by atoms with Gasteiger partial charge in [0.15, 0.2) is 0 Å². The minimum Gasteiger partial charge on any atom is -0.466 e. The highest BCUT2D eigenvalue weighted by atomic mass is 32.1. The molecule has 0 fully saturated rings. The lowest BCUT2D eigenvalue weighted by atomic mass is 10.2. The Balaban J connectivity index is 2.18. The molecule has 0 bridgehead atoms. The second-order valence-corrected chi connectivity index (χ2v) is 5.06. The molecule has 0 saturated carbocycles. The zero-order chi connectivity index (χ0) is 12.5. The maximum absolute atomic E-state index is 5.41. The van der Waals surface area contributed by atoms with Gasteiger partial charge in [-0.15, -0.1) is 10.2 Å². The first-order chi connectivity index (χ1) is 8.22. The molecule has 1 aromatic rings. The predicted octanol–water partition coefficient (Wildman–Crippen LogP) is 1.70. The molecule has 0 amide bonds. The third-order valence-electron chi connectivity index (χ3n) is 1.93. The summed E-state index contributed by atoms with van der Waals surface area (Å²) in [6, 6.07) is 0. The van der Waals surface area contributed by atoms with Crippen molar-refractivity contribution in [2.24, 2.45) is 5.92 Å². The van der Waals surface area contributed by atoms with Crippen molar-refractivity contribution in [3.8, 4) is 5.19 Å². The molecule has 6 heteroatoms. The van der Waals surface area contributed by atoms with E-state index in [1.165, 1.54) is 11.3 Å². The Morgan fingerprint density at radius 3 is 2.82 bits per heavy atom. The quantitative estimate of drug-likeness (QED) is 0.684. The van der Waals surface area contributed by atoms with Gasteiger partial charge in [0.25, 0.3) is 5.19 Å². The first-order valence-corrected chi connectivity index (χ1v) is 6.77. The average Bonchev–Trinajstić information content (AvgIpc) is 2.72. The van der Waals surface area contributed by atoms with Crippen molar-refractivity contribution in [1.29, 1.82) is 0 Å². The SMILES string of the molecule is CCOCCOc1nnc(CNCC(C)C)s1. The number of hydrogen-bond acceptors (Lipinski definition) is 6. The topological polar surface area (TPSA) is 56.3 Å². The molecule has 0 spiro atoms. The molecule has 0 aromatic carbocycles. The molecule has 1 aromatic heterocycles. The summed E-state index contributed by atoms with van der Waals surface area (Å²) in [5.41, 5.74) is 0. The van der Waals surface area contributed by atoms with Crippen molar-refractivity contribution in [3.63, 3.8) is 0 Å². The van der Waals surface area contributed by atoms with Gasteiger partial charge in [-0.25, -0.2) is 0 Å². The Morgan fingerprint density at radius 2 is 2.12 bits per heavy atom. The molecule has 98 valence electrons. The summed E-state index contributed by atoms with van der Waals surface area (Å²) in [6.45, 7) is 9.89. The number of rotatable bonds is 9. The lowest BCUT2D eigenvalue weighted by Crippen LogP contribution is -2.18. The third-order valence-corrected chi connectivity index (χ3v) is 2.77. The molecule has 0 aliphatic carbocycles. The molecule has 0 aliphatic heterocycles. The number of aromatic nitrogens is 2. The summed E-state index contributed by atoms with van der Waals surface area (Å²) < 4.78 is 10.6. The molecular formula is C11H21N3O2S. The van der Waals surface area contributed by atoms with Crippen molar-refractivity contribution in [1.82, 2.24) is 15.5 Å². The molecule has 0 unspecified atom stereocenters. The van der Waals surface area contributed by atoms with Crippen molar-refractivity contribution < 1.29 is 9.47 Å². The van der Waals surface area contributed by atoms with Gasteiger partial charge in [0.2, 0.25) is 0 Å². The van der Waals surface area contributed by atoms with Gasteiger partial charge in [-0.05, 0) is 19.4 Å². The highest BCUT2D eigenvalue weighted by molar-refractivity contribution is 7.13. The van der Waals surface area contributed by atoms with Crippen molar-refractivity contribution in [3.05, 3.63) is 5.01 Å². The number of hydrogen-bond donors (Lipinski definition) is 1. The van der Waals surface area contributed by atoms with Crippen LogP contribution in [0.2, 0.25) is 0 Å². The van der Waals surface area contributed by atoms with Crippen LogP contribution in [-0.2, 0) is 11.3 Å². The summed E-state index contributed by atoms with van der Waals surface area (Å²) in [5, 5.41) is 12.9. The minimum atomic E-state index is 0.530. The maximum Gasteiger partial charge on any atom is 0.294 e. The second kappa shape index (κ2) is 8.38. The average molecular weight is 259 g/mol. The van der Waals surface area contributed by atoms with Crippen LogP contribution in [0.5, 0.6) is 5.19 Å². The number of nitrogens with one attached hydrogen (secondary N) is 1. The van der Waals surface area contributed by atoms with E-state index in [-0.39, 0.29) is 0 Å². The highest BCUT2D eigenvalue weighted by Gasteiger charge is 2.04. The minimum absolute atomic E-state index is 0.530. The van der Waals surface area contributed by atoms with Crippen LogP contribution in [0.3, 0.4) is 0 Å². The van der Waals surface area contributed by atoms with E-state index < -0.39 is 0 Å². The molecule has 17 heavy (non-hydrogen) atoms. The van der Waals surface area contributed by atoms with E-state index in [2.05, 4.69) is 29.4 Å². The molecule has 0 radical (unpaired) electrons. The van der Waals surface area contributed by atoms with Gasteiger partial charge in [0, 0.05) is 13.2 Å². The second-order valence-electron chi connectivity index (χ2n) is 4.03. The van der Waals surface area contributed by atoms with E-state index in [1.54, 1.807) is 0 Å². The standard InChI is InChI=1S/C11H21N3O2S/c1-4-15-5-6-16-11-14-13-10(17-11)8-12-7-9(2)3/h9,12H,4-8H2,1-3H3. The third kappa shape index (κ3) is 6.55. The van der Waals surface area contributed by atoms with Crippen molar-refractivity contribution in [2.75, 3.05) is 26.4 Å². The van der Waals surface area contributed by atoms with Gasteiger partial charge in [-0.2, -0.15) is 0 Å². The molecule has 0 aliphatic rings. The summed E-state index contributed by atoms with van der Waals surface area (Å²) in [6.07, 6.45) is 0. The van der Waals surface area contributed by atoms with E-state index in [0.717, 1.165) is 18.1 Å². The van der Waals surface area contributed by atoms with Crippen LogP contribution in [-0.4, -0.2) is 36.6 Å². The largest absolute Gasteiger partial charge is 0.466 e. The highest BCUT2D eigenvalue weighted by Crippen LogP contribution is 2.17. The normalized spacial score (nSPS) is 11.1. The molecule has 1 N–H and O–H groups in total. The van der Waals surface area contributed by atoms with Crippen LogP contribution in [0.4, 0.5) is 0 Å². The summed E-state index contributed by atoms with van der Waals surface area (Å²) in [7, 11) is 0. The summed E-state index contributed by atoms with van der Waals surface area (Å²) in [4.78, 5) is 0. The molecule has 0 atom stereocenters. The Bertz CT molecular complexity index is 305. The number of ether oxygens (including phenoxy) is 2. The zero-order valence-electron chi connectivity index (χ0n) is 10.7. The van der Waals surface area contributed by atoms with Crippen molar-refractivity contribution >= 4 is 11.3 Å². The molecule has 1 rings (SSSR count). The van der Waals surface area contributed by atoms with E-state index in [4.69, 9.17) is 9.47 Å². The lowest BCUT2D eigenvalue weighted by Gasteiger charge is -2.04. The van der Waals surface area contributed by atoms with E-state index in [1.807, 2.05) is 6.92 Å². The van der Waals surface area contributed by atoms with E-state index >= 15 is 0 Å². The van der Waals surface area contributed by atoms with Gasteiger partial charge in [0.05, 0.1) is 6.61 Å². The van der Waals surface area contributed by atoms with Gasteiger partial charge in [-0.1, -0.05) is 25.2 Å². The molecule has 5 nitrogen and oxygen atoms in total. The van der Waals surface area contributed by atoms with Crippen LogP contribution in [0.25, 0.3) is 0 Å². The van der Waals surface area contributed by atoms with Crippen LogP contribution in [0.1, 0.15) is 25.8 Å². The molecule has 1 heterocycles. The van der Waals surface area contributed by atoms with Gasteiger partial charge < -0.3 is 14.8 Å². The van der Waals surface area contributed by atoms with Crippen LogP contribution < -0.4 is 10.1 Å². The monoisotopic (exact) mass is 259 g/mol. The summed E-state index contributed by atoms with van der Waals surface area (Å²) in [5.74, 6) is 0.643. The first kappa shape index (κ1) is 14.3.